The Morgan fingerprint density at radius 2 is 2.04 bits per heavy atom. The number of carbonyl (C=O) groups is 1. The Kier molecular flexibility index (Phi) is 4.93. The van der Waals surface area contributed by atoms with Gasteiger partial charge in [-0.15, -0.1) is 5.10 Å². The van der Waals surface area contributed by atoms with E-state index in [9.17, 15) is 18.0 Å². The molecule has 124 valence electrons. The SMILES string of the molecule is CCOC(=O)c1n[nH]nc1-c1cc(Br)c(OC)c(C(F)(F)F)c1. The van der Waals surface area contributed by atoms with Crippen LogP contribution in [-0.4, -0.2) is 35.1 Å². The van der Waals surface area contributed by atoms with Gasteiger partial charge in [-0.1, -0.05) is 0 Å². The van der Waals surface area contributed by atoms with Crippen molar-refractivity contribution < 1.29 is 27.4 Å². The molecule has 0 spiro atoms. The highest BCUT2D eigenvalue weighted by atomic mass is 79.9. The number of halogens is 4. The minimum atomic E-state index is -4.64. The number of hydrogen-bond acceptors (Lipinski definition) is 5. The third kappa shape index (κ3) is 3.46. The predicted octanol–water partition coefficient (Wildman–Crippen LogP) is 3.44. The Hall–Kier alpha value is -2.10. The number of ether oxygens (including phenoxy) is 2. The summed E-state index contributed by atoms with van der Waals surface area (Å²) >= 11 is 3.03. The summed E-state index contributed by atoms with van der Waals surface area (Å²) in [4.78, 5) is 11.8. The fourth-order valence-electron chi connectivity index (χ4n) is 1.92. The van der Waals surface area contributed by atoms with Crippen molar-refractivity contribution in [1.82, 2.24) is 15.4 Å². The number of methoxy groups -OCH3 is 1. The predicted molar refractivity (Wildman–Crippen MR) is 77.0 cm³/mol. The highest BCUT2D eigenvalue weighted by Crippen LogP contribution is 2.43. The van der Waals surface area contributed by atoms with E-state index in [1.54, 1.807) is 6.92 Å². The Morgan fingerprint density at radius 1 is 1.35 bits per heavy atom. The molecule has 0 aliphatic rings. The number of esters is 1. The Balaban J connectivity index is 2.60. The van der Waals surface area contributed by atoms with Crippen LogP contribution in [0, 0.1) is 0 Å². The maximum atomic E-state index is 13.2. The number of rotatable bonds is 4. The summed E-state index contributed by atoms with van der Waals surface area (Å²) in [6.45, 7) is 1.70. The van der Waals surface area contributed by atoms with Gasteiger partial charge in [0.1, 0.15) is 11.4 Å². The molecule has 2 aromatic rings. The number of benzene rings is 1. The van der Waals surface area contributed by atoms with Crippen LogP contribution < -0.4 is 4.74 Å². The third-order valence-electron chi connectivity index (χ3n) is 2.84. The molecule has 0 amide bonds. The Morgan fingerprint density at radius 3 is 2.61 bits per heavy atom. The normalized spacial score (nSPS) is 11.4. The molecule has 1 aromatic carbocycles. The summed E-state index contributed by atoms with van der Waals surface area (Å²) in [5.41, 5.74) is -1.20. The lowest BCUT2D eigenvalue weighted by Crippen LogP contribution is -2.09. The molecule has 0 radical (unpaired) electrons. The van der Waals surface area contributed by atoms with Crippen LogP contribution in [0.1, 0.15) is 23.0 Å². The minimum absolute atomic E-state index is 0.0433. The molecule has 23 heavy (non-hydrogen) atoms. The maximum Gasteiger partial charge on any atom is 0.420 e. The molecular weight excluding hydrogens is 383 g/mol. The van der Waals surface area contributed by atoms with Gasteiger partial charge in [0.05, 0.1) is 23.8 Å². The van der Waals surface area contributed by atoms with Gasteiger partial charge in [-0.3, -0.25) is 0 Å². The van der Waals surface area contributed by atoms with Gasteiger partial charge in [0.15, 0.2) is 5.69 Å². The maximum absolute atomic E-state index is 13.2. The van der Waals surface area contributed by atoms with Crippen molar-refractivity contribution in [1.29, 1.82) is 0 Å². The van der Waals surface area contributed by atoms with Gasteiger partial charge in [0.25, 0.3) is 0 Å². The van der Waals surface area contributed by atoms with Crippen LogP contribution in [-0.2, 0) is 10.9 Å². The molecule has 6 nitrogen and oxygen atoms in total. The molecule has 0 saturated carbocycles. The number of carbonyl (C=O) groups excluding carboxylic acids is 1. The van der Waals surface area contributed by atoms with Crippen molar-refractivity contribution in [3.8, 4) is 17.0 Å². The molecular formula is C13H11BrF3N3O3. The van der Waals surface area contributed by atoms with Crippen molar-refractivity contribution in [3.05, 3.63) is 27.9 Å². The molecule has 0 bridgehead atoms. The first-order valence-electron chi connectivity index (χ1n) is 6.32. The lowest BCUT2D eigenvalue weighted by molar-refractivity contribution is -0.138. The van der Waals surface area contributed by atoms with Gasteiger partial charge >= 0.3 is 12.1 Å². The molecule has 0 atom stereocenters. The third-order valence-corrected chi connectivity index (χ3v) is 3.43. The van der Waals surface area contributed by atoms with Crippen molar-refractivity contribution in [3.63, 3.8) is 0 Å². The molecule has 0 saturated heterocycles. The number of aromatic nitrogens is 3. The highest BCUT2D eigenvalue weighted by Gasteiger charge is 2.36. The van der Waals surface area contributed by atoms with E-state index in [-0.39, 0.29) is 33.8 Å². The molecule has 0 aliphatic heterocycles. The number of aromatic amines is 1. The average Bonchev–Trinajstić information content (AvgIpc) is 2.95. The zero-order chi connectivity index (χ0) is 17.2. The van der Waals surface area contributed by atoms with E-state index in [0.29, 0.717) is 0 Å². The number of H-pyrrole nitrogens is 1. The van der Waals surface area contributed by atoms with Gasteiger partial charge in [-0.05, 0) is 35.0 Å². The number of hydrogen-bond donors (Lipinski definition) is 1. The fourth-order valence-corrected chi connectivity index (χ4v) is 2.54. The fraction of sp³-hybridized carbons (Fsp3) is 0.308. The smallest absolute Gasteiger partial charge is 0.420 e. The summed E-state index contributed by atoms with van der Waals surface area (Å²) < 4.78 is 49.2. The van der Waals surface area contributed by atoms with Crippen molar-refractivity contribution in [2.45, 2.75) is 13.1 Å². The molecule has 0 fully saturated rings. The van der Waals surface area contributed by atoms with Crippen molar-refractivity contribution >= 4 is 21.9 Å². The van der Waals surface area contributed by atoms with E-state index in [1.807, 2.05) is 0 Å². The van der Waals surface area contributed by atoms with Crippen molar-refractivity contribution in [2.24, 2.45) is 0 Å². The van der Waals surface area contributed by atoms with Crippen LogP contribution in [0.3, 0.4) is 0 Å². The van der Waals surface area contributed by atoms with E-state index >= 15 is 0 Å². The van der Waals surface area contributed by atoms with Crippen LogP contribution in [0.15, 0.2) is 16.6 Å². The largest absolute Gasteiger partial charge is 0.495 e. The first-order chi connectivity index (χ1) is 10.8. The highest BCUT2D eigenvalue weighted by molar-refractivity contribution is 9.10. The van der Waals surface area contributed by atoms with Gasteiger partial charge < -0.3 is 9.47 Å². The van der Waals surface area contributed by atoms with E-state index in [2.05, 4.69) is 31.3 Å². The number of nitrogens with zero attached hydrogens (tertiary/aromatic N) is 2. The second kappa shape index (κ2) is 6.57. The van der Waals surface area contributed by atoms with Gasteiger partial charge in [-0.2, -0.15) is 23.5 Å². The van der Waals surface area contributed by atoms with Crippen LogP contribution in [0.5, 0.6) is 5.75 Å². The van der Waals surface area contributed by atoms with Crippen LogP contribution in [0.25, 0.3) is 11.3 Å². The lowest BCUT2D eigenvalue weighted by Gasteiger charge is -2.15. The summed E-state index contributed by atoms with van der Waals surface area (Å²) in [5.74, 6) is -1.14. The standard InChI is InChI=1S/C13H11BrF3N3O3/c1-3-23-12(21)10-9(18-20-19-10)6-4-7(13(15,16)17)11(22-2)8(14)5-6/h4-5H,3H2,1-2H3,(H,18,19,20). The zero-order valence-electron chi connectivity index (χ0n) is 12.0. The molecule has 1 aromatic heterocycles. The quantitative estimate of drug-likeness (QED) is 0.805. The summed E-state index contributed by atoms with van der Waals surface area (Å²) in [6, 6.07) is 2.19. The summed E-state index contributed by atoms with van der Waals surface area (Å²) in [7, 11) is 1.13. The van der Waals surface area contributed by atoms with Crippen LogP contribution >= 0.6 is 15.9 Å². The molecule has 10 heteroatoms. The second-order valence-corrected chi connectivity index (χ2v) is 5.13. The van der Waals surface area contributed by atoms with Crippen LogP contribution in [0.2, 0.25) is 0 Å². The average molecular weight is 394 g/mol. The first kappa shape index (κ1) is 17.3. The van der Waals surface area contributed by atoms with E-state index < -0.39 is 17.7 Å². The molecule has 2 rings (SSSR count). The number of alkyl halides is 3. The Labute approximate surface area is 137 Å². The summed E-state index contributed by atoms with van der Waals surface area (Å²) in [6.07, 6.45) is -4.64. The van der Waals surface area contributed by atoms with Gasteiger partial charge in [-0.25, -0.2) is 4.79 Å². The Bertz CT molecular complexity index is 731. The van der Waals surface area contributed by atoms with Gasteiger partial charge in [0, 0.05) is 5.56 Å². The van der Waals surface area contributed by atoms with E-state index in [4.69, 9.17) is 9.47 Å². The summed E-state index contributed by atoms with van der Waals surface area (Å²) in [5, 5.41) is 9.59. The van der Waals surface area contributed by atoms with E-state index in [0.717, 1.165) is 13.2 Å². The monoisotopic (exact) mass is 393 g/mol. The first-order valence-corrected chi connectivity index (χ1v) is 7.11. The topological polar surface area (TPSA) is 77.1 Å². The molecule has 1 heterocycles. The minimum Gasteiger partial charge on any atom is -0.495 e. The van der Waals surface area contributed by atoms with E-state index in [1.165, 1.54) is 6.07 Å². The molecule has 0 unspecified atom stereocenters. The molecule has 1 N–H and O–H groups in total. The number of nitrogens with one attached hydrogen (secondary N) is 1. The van der Waals surface area contributed by atoms with Gasteiger partial charge in [0.2, 0.25) is 0 Å². The lowest BCUT2D eigenvalue weighted by atomic mass is 10.1. The van der Waals surface area contributed by atoms with Crippen LogP contribution in [0.4, 0.5) is 13.2 Å². The second-order valence-electron chi connectivity index (χ2n) is 4.28. The molecule has 0 aliphatic carbocycles. The van der Waals surface area contributed by atoms with Crippen molar-refractivity contribution in [2.75, 3.05) is 13.7 Å². The zero-order valence-corrected chi connectivity index (χ0v) is 13.6.